The molecule has 0 heterocycles. The third-order valence-corrected chi connectivity index (χ3v) is 2.16. The molecule has 86 valence electrons. The average Bonchev–Trinajstić information content (AvgIpc) is 2.34. The maximum atomic E-state index is 8.81. The predicted octanol–water partition coefficient (Wildman–Crippen LogP) is 2.44. The van der Waals surface area contributed by atoms with Crippen molar-refractivity contribution in [3.05, 3.63) is 48.1 Å². The SMILES string of the molecule is C=CCOc1ccc(/C=C(\C#N)C(N)=S)cc1. The summed E-state index contributed by atoms with van der Waals surface area (Å²) in [7, 11) is 0. The molecule has 0 atom stereocenters. The fourth-order valence-corrected chi connectivity index (χ4v) is 1.25. The van der Waals surface area contributed by atoms with Crippen molar-refractivity contribution in [3.8, 4) is 11.8 Å². The second kappa shape index (κ2) is 6.46. The molecule has 0 aliphatic rings. The Kier molecular flexibility index (Phi) is 4.92. The van der Waals surface area contributed by atoms with Crippen LogP contribution in [0.25, 0.3) is 6.08 Å². The summed E-state index contributed by atoms with van der Waals surface area (Å²) in [5, 5.41) is 8.81. The molecule has 0 saturated carbocycles. The van der Waals surface area contributed by atoms with Gasteiger partial charge in [0, 0.05) is 0 Å². The third kappa shape index (κ3) is 4.09. The quantitative estimate of drug-likeness (QED) is 0.374. The Hall–Kier alpha value is -2.12. The van der Waals surface area contributed by atoms with E-state index in [0.29, 0.717) is 12.2 Å². The van der Waals surface area contributed by atoms with Crippen LogP contribution in [-0.2, 0) is 0 Å². The van der Waals surface area contributed by atoms with Crippen LogP contribution in [0.2, 0.25) is 0 Å². The lowest BCUT2D eigenvalue weighted by Gasteiger charge is -2.03. The highest BCUT2D eigenvalue weighted by atomic mass is 32.1. The standard InChI is InChI=1S/C13H12N2OS/c1-2-7-16-12-5-3-10(4-6-12)8-11(9-14)13(15)17/h2-6,8H,1,7H2,(H2,15,17)/b11-8+. The lowest BCUT2D eigenvalue weighted by atomic mass is 10.1. The summed E-state index contributed by atoms with van der Waals surface area (Å²) in [5.41, 5.74) is 6.53. The molecule has 0 unspecified atom stereocenters. The number of hydrogen-bond donors (Lipinski definition) is 1. The van der Waals surface area contributed by atoms with Crippen LogP contribution in [0.4, 0.5) is 0 Å². The number of ether oxygens (including phenoxy) is 1. The van der Waals surface area contributed by atoms with Gasteiger partial charge in [-0.1, -0.05) is 37.0 Å². The van der Waals surface area contributed by atoms with Gasteiger partial charge < -0.3 is 10.5 Å². The van der Waals surface area contributed by atoms with E-state index in [-0.39, 0.29) is 4.99 Å². The van der Waals surface area contributed by atoms with Crippen molar-refractivity contribution < 1.29 is 4.74 Å². The first-order valence-electron chi connectivity index (χ1n) is 4.92. The summed E-state index contributed by atoms with van der Waals surface area (Å²) in [4.78, 5) is 0.0967. The zero-order chi connectivity index (χ0) is 12.7. The van der Waals surface area contributed by atoms with Crippen LogP contribution >= 0.6 is 12.2 Å². The highest BCUT2D eigenvalue weighted by Gasteiger charge is 1.99. The third-order valence-electron chi connectivity index (χ3n) is 1.94. The van der Waals surface area contributed by atoms with Crippen molar-refractivity contribution in [2.45, 2.75) is 0 Å². The molecule has 1 aromatic carbocycles. The minimum atomic E-state index is 0.0967. The minimum Gasteiger partial charge on any atom is -0.490 e. The second-order valence-electron chi connectivity index (χ2n) is 3.20. The highest BCUT2D eigenvalue weighted by Crippen LogP contribution is 2.14. The van der Waals surface area contributed by atoms with E-state index in [9.17, 15) is 0 Å². The average molecular weight is 244 g/mol. The summed E-state index contributed by atoms with van der Waals surface area (Å²) in [6.45, 7) is 4.03. The number of nitrogens with two attached hydrogens (primary N) is 1. The van der Waals surface area contributed by atoms with Gasteiger partial charge in [0.25, 0.3) is 0 Å². The van der Waals surface area contributed by atoms with Gasteiger partial charge in [-0.05, 0) is 23.8 Å². The van der Waals surface area contributed by atoms with E-state index in [1.165, 1.54) is 0 Å². The molecule has 0 spiro atoms. The molecule has 0 aromatic heterocycles. The van der Waals surface area contributed by atoms with E-state index in [4.69, 9.17) is 28.0 Å². The molecule has 0 amide bonds. The van der Waals surface area contributed by atoms with Gasteiger partial charge >= 0.3 is 0 Å². The Morgan fingerprint density at radius 1 is 1.47 bits per heavy atom. The molecule has 0 fully saturated rings. The Morgan fingerprint density at radius 2 is 2.12 bits per heavy atom. The Balaban J connectivity index is 2.84. The van der Waals surface area contributed by atoms with Crippen molar-refractivity contribution in [2.24, 2.45) is 5.73 Å². The van der Waals surface area contributed by atoms with Crippen molar-refractivity contribution in [2.75, 3.05) is 6.61 Å². The first-order chi connectivity index (χ1) is 8.17. The largest absolute Gasteiger partial charge is 0.490 e. The number of hydrogen-bond acceptors (Lipinski definition) is 3. The van der Waals surface area contributed by atoms with E-state index < -0.39 is 0 Å². The van der Waals surface area contributed by atoms with Gasteiger partial charge in [0.15, 0.2) is 0 Å². The van der Waals surface area contributed by atoms with E-state index in [1.54, 1.807) is 12.2 Å². The van der Waals surface area contributed by atoms with Crippen molar-refractivity contribution in [3.63, 3.8) is 0 Å². The topological polar surface area (TPSA) is 59.0 Å². The normalized spacial score (nSPS) is 10.4. The van der Waals surface area contributed by atoms with Gasteiger partial charge in [-0.25, -0.2) is 0 Å². The molecule has 0 radical (unpaired) electrons. The van der Waals surface area contributed by atoms with E-state index >= 15 is 0 Å². The maximum absolute atomic E-state index is 8.81. The Labute approximate surface area is 106 Å². The minimum absolute atomic E-state index is 0.0967. The van der Waals surface area contributed by atoms with Crippen LogP contribution in [0.3, 0.4) is 0 Å². The van der Waals surface area contributed by atoms with Gasteiger partial charge in [-0.15, -0.1) is 0 Å². The van der Waals surface area contributed by atoms with Gasteiger partial charge in [-0.2, -0.15) is 5.26 Å². The molecule has 3 nitrogen and oxygen atoms in total. The molecular formula is C13H12N2OS. The van der Waals surface area contributed by atoms with E-state index in [2.05, 4.69) is 6.58 Å². The first-order valence-corrected chi connectivity index (χ1v) is 5.33. The summed E-state index contributed by atoms with van der Waals surface area (Å²) in [6.07, 6.45) is 3.31. The summed E-state index contributed by atoms with van der Waals surface area (Å²) >= 11 is 4.75. The lowest BCUT2D eigenvalue weighted by molar-refractivity contribution is 0.363. The van der Waals surface area contributed by atoms with Crippen molar-refractivity contribution >= 4 is 23.3 Å². The van der Waals surface area contributed by atoms with Gasteiger partial charge in [0.1, 0.15) is 23.4 Å². The zero-order valence-corrected chi connectivity index (χ0v) is 10.0. The number of benzene rings is 1. The molecular weight excluding hydrogens is 232 g/mol. The molecule has 1 rings (SSSR count). The van der Waals surface area contributed by atoms with Crippen LogP contribution in [0.1, 0.15) is 5.56 Å². The monoisotopic (exact) mass is 244 g/mol. The Morgan fingerprint density at radius 3 is 2.59 bits per heavy atom. The van der Waals surface area contributed by atoms with Crippen LogP contribution in [0, 0.1) is 11.3 Å². The lowest BCUT2D eigenvalue weighted by Crippen LogP contribution is -2.09. The molecule has 0 bridgehead atoms. The zero-order valence-electron chi connectivity index (χ0n) is 9.22. The number of nitrogens with zero attached hydrogens (tertiary/aromatic N) is 1. The molecule has 2 N–H and O–H groups in total. The highest BCUT2D eigenvalue weighted by molar-refractivity contribution is 7.80. The molecule has 17 heavy (non-hydrogen) atoms. The van der Waals surface area contributed by atoms with Crippen molar-refractivity contribution in [1.29, 1.82) is 5.26 Å². The summed E-state index contributed by atoms with van der Waals surface area (Å²) < 4.78 is 5.33. The molecule has 0 aliphatic heterocycles. The number of thiocarbonyl (C=S) groups is 1. The molecule has 0 saturated heterocycles. The van der Waals surface area contributed by atoms with E-state index in [1.807, 2.05) is 30.3 Å². The Bertz CT molecular complexity index is 483. The number of nitriles is 1. The summed E-state index contributed by atoms with van der Waals surface area (Å²) in [5.74, 6) is 0.746. The van der Waals surface area contributed by atoms with Crippen LogP contribution in [0.15, 0.2) is 42.5 Å². The van der Waals surface area contributed by atoms with Gasteiger partial charge in [-0.3, -0.25) is 0 Å². The maximum Gasteiger partial charge on any atom is 0.119 e. The molecule has 4 heteroatoms. The second-order valence-corrected chi connectivity index (χ2v) is 3.64. The van der Waals surface area contributed by atoms with Gasteiger partial charge in [0.2, 0.25) is 0 Å². The van der Waals surface area contributed by atoms with Gasteiger partial charge in [0.05, 0.1) is 5.57 Å². The smallest absolute Gasteiger partial charge is 0.119 e. The predicted molar refractivity (Wildman–Crippen MR) is 72.5 cm³/mol. The van der Waals surface area contributed by atoms with Crippen LogP contribution < -0.4 is 10.5 Å². The molecule has 0 aliphatic carbocycles. The molecule has 1 aromatic rings. The van der Waals surface area contributed by atoms with Crippen molar-refractivity contribution in [1.82, 2.24) is 0 Å². The van der Waals surface area contributed by atoms with Crippen LogP contribution in [0.5, 0.6) is 5.75 Å². The fourth-order valence-electron chi connectivity index (χ4n) is 1.14. The first kappa shape index (κ1) is 12.9. The van der Waals surface area contributed by atoms with E-state index in [0.717, 1.165) is 11.3 Å². The summed E-state index contributed by atoms with van der Waals surface area (Å²) in [6, 6.07) is 9.22. The fraction of sp³-hybridized carbons (Fsp3) is 0.0769. The number of rotatable bonds is 5. The van der Waals surface area contributed by atoms with Crippen LogP contribution in [-0.4, -0.2) is 11.6 Å².